The minimum absolute atomic E-state index is 0.0133. The molecule has 1 saturated heterocycles. The Morgan fingerprint density at radius 3 is 2.64 bits per heavy atom. The summed E-state index contributed by atoms with van der Waals surface area (Å²) in [7, 11) is 0.412. The number of sulfone groups is 1. The van der Waals surface area contributed by atoms with E-state index in [4.69, 9.17) is 4.74 Å². The number of carbonyl (C=O) groups is 1. The summed E-state index contributed by atoms with van der Waals surface area (Å²) in [5, 5.41) is 8.86. The zero-order chi connectivity index (χ0) is 18.0. The third-order valence-electron chi connectivity index (χ3n) is 4.21. The molecule has 1 atom stereocenters. The number of thioether (sulfide) groups is 1. The standard InChI is InChI=1S/C16H19N3O4S2/c1-19-15(12-7-8-25(21,22)10-12)17-18-16(19)24-9-14(20)11-3-5-13(23-2)6-4-11/h3-6,12H,7-10H2,1-2H3/t12-/m0/s1. The van der Waals surface area contributed by atoms with E-state index in [-0.39, 0.29) is 29.0 Å². The Hall–Kier alpha value is -1.87. The number of aromatic nitrogens is 3. The predicted octanol–water partition coefficient (Wildman–Crippen LogP) is 1.70. The molecule has 0 bridgehead atoms. The molecule has 0 spiro atoms. The van der Waals surface area contributed by atoms with E-state index in [2.05, 4.69) is 10.2 Å². The van der Waals surface area contributed by atoms with Crippen LogP contribution in [0, 0.1) is 0 Å². The number of ether oxygens (including phenoxy) is 1. The molecule has 1 aromatic heterocycles. The van der Waals surface area contributed by atoms with E-state index in [1.165, 1.54) is 11.8 Å². The van der Waals surface area contributed by atoms with Crippen LogP contribution in [0.2, 0.25) is 0 Å². The highest BCUT2D eigenvalue weighted by Crippen LogP contribution is 2.29. The molecule has 3 rings (SSSR count). The highest BCUT2D eigenvalue weighted by Gasteiger charge is 2.32. The number of methoxy groups -OCH3 is 1. The lowest BCUT2D eigenvalue weighted by Gasteiger charge is -2.08. The summed E-state index contributed by atoms with van der Waals surface area (Å²) in [5.74, 6) is 1.79. The molecule has 2 heterocycles. The number of nitrogens with zero attached hydrogens (tertiary/aromatic N) is 3. The van der Waals surface area contributed by atoms with Crippen LogP contribution in [0.1, 0.15) is 28.5 Å². The summed E-state index contributed by atoms with van der Waals surface area (Å²) < 4.78 is 30.1. The minimum Gasteiger partial charge on any atom is -0.497 e. The molecule has 0 radical (unpaired) electrons. The molecule has 9 heteroatoms. The van der Waals surface area contributed by atoms with Gasteiger partial charge in [-0.3, -0.25) is 4.79 Å². The first-order chi connectivity index (χ1) is 11.9. The van der Waals surface area contributed by atoms with Crippen molar-refractivity contribution in [1.82, 2.24) is 14.8 Å². The van der Waals surface area contributed by atoms with Crippen molar-refractivity contribution in [2.24, 2.45) is 7.05 Å². The smallest absolute Gasteiger partial charge is 0.191 e. The van der Waals surface area contributed by atoms with E-state index in [1.54, 1.807) is 43.0 Å². The average molecular weight is 381 g/mol. The Morgan fingerprint density at radius 1 is 1.32 bits per heavy atom. The molecule has 0 aliphatic carbocycles. The lowest BCUT2D eigenvalue weighted by molar-refractivity contribution is 0.102. The molecule has 1 aromatic carbocycles. The lowest BCUT2D eigenvalue weighted by Crippen LogP contribution is -2.09. The molecule has 134 valence electrons. The first-order valence-corrected chi connectivity index (χ1v) is 10.6. The molecule has 25 heavy (non-hydrogen) atoms. The first-order valence-electron chi connectivity index (χ1n) is 7.79. The normalized spacial score (nSPS) is 19.0. The number of benzene rings is 1. The van der Waals surface area contributed by atoms with Crippen molar-refractivity contribution in [2.45, 2.75) is 17.5 Å². The lowest BCUT2D eigenvalue weighted by atomic mass is 10.1. The number of Topliss-reactive ketones (excluding diaryl/α,β-unsaturated/α-hetero) is 1. The topological polar surface area (TPSA) is 91.2 Å². The van der Waals surface area contributed by atoms with E-state index in [0.29, 0.717) is 28.7 Å². The second-order valence-corrected chi connectivity index (χ2v) is 9.11. The quantitative estimate of drug-likeness (QED) is 0.555. The van der Waals surface area contributed by atoms with E-state index in [1.807, 2.05) is 0 Å². The van der Waals surface area contributed by atoms with E-state index in [9.17, 15) is 13.2 Å². The Labute approximate surface area is 150 Å². The zero-order valence-corrected chi connectivity index (χ0v) is 15.6. The van der Waals surface area contributed by atoms with Gasteiger partial charge in [-0.05, 0) is 30.7 Å². The highest BCUT2D eigenvalue weighted by atomic mass is 32.2. The van der Waals surface area contributed by atoms with Crippen LogP contribution < -0.4 is 4.74 Å². The molecule has 1 fully saturated rings. The van der Waals surface area contributed by atoms with Crippen molar-refractivity contribution in [3.63, 3.8) is 0 Å². The van der Waals surface area contributed by atoms with Gasteiger partial charge in [-0.15, -0.1) is 10.2 Å². The Balaban J connectivity index is 1.64. The Bertz CT molecular complexity index is 875. The molecule has 0 N–H and O–H groups in total. The fourth-order valence-electron chi connectivity index (χ4n) is 2.80. The number of hydrogen-bond acceptors (Lipinski definition) is 7. The SMILES string of the molecule is COc1ccc(C(=O)CSc2nnc([C@H]3CCS(=O)(=O)C3)n2C)cc1. The van der Waals surface area contributed by atoms with Gasteiger partial charge in [0, 0.05) is 18.5 Å². The third-order valence-corrected chi connectivity index (χ3v) is 7.00. The van der Waals surface area contributed by atoms with Crippen LogP contribution in [0.25, 0.3) is 0 Å². The zero-order valence-electron chi connectivity index (χ0n) is 14.0. The van der Waals surface area contributed by atoms with Crippen LogP contribution in [-0.4, -0.2) is 53.3 Å². The second-order valence-electron chi connectivity index (χ2n) is 5.94. The van der Waals surface area contributed by atoms with Gasteiger partial charge in [-0.25, -0.2) is 8.42 Å². The van der Waals surface area contributed by atoms with Crippen LogP contribution in [0.3, 0.4) is 0 Å². The van der Waals surface area contributed by atoms with E-state index in [0.717, 1.165) is 0 Å². The number of carbonyl (C=O) groups excluding carboxylic acids is 1. The maximum atomic E-state index is 12.3. The molecule has 2 aromatic rings. The number of rotatable bonds is 6. The molecule has 0 unspecified atom stereocenters. The maximum Gasteiger partial charge on any atom is 0.191 e. The monoisotopic (exact) mass is 381 g/mol. The molecule has 0 saturated carbocycles. The summed E-state index contributed by atoms with van der Waals surface area (Å²) in [6, 6.07) is 6.96. The van der Waals surface area contributed by atoms with Gasteiger partial charge in [0.2, 0.25) is 0 Å². The number of hydrogen-bond donors (Lipinski definition) is 0. The van der Waals surface area contributed by atoms with Crippen molar-refractivity contribution >= 4 is 27.4 Å². The molecule has 7 nitrogen and oxygen atoms in total. The largest absolute Gasteiger partial charge is 0.497 e. The molecule has 1 aliphatic heterocycles. The summed E-state index contributed by atoms with van der Waals surface area (Å²) >= 11 is 1.30. The Kier molecular flexibility index (Phi) is 5.14. The van der Waals surface area contributed by atoms with E-state index < -0.39 is 9.84 Å². The minimum atomic E-state index is -2.97. The summed E-state index contributed by atoms with van der Waals surface area (Å²) in [6.45, 7) is 0. The van der Waals surface area contributed by atoms with E-state index >= 15 is 0 Å². The van der Waals surface area contributed by atoms with Gasteiger partial charge >= 0.3 is 0 Å². The molecular formula is C16H19N3O4S2. The predicted molar refractivity (Wildman–Crippen MR) is 95.1 cm³/mol. The average Bonchev–Trinajstić information content (AvgIpc) is 3.14. The highest BCUT2D eigenvalue weighted by molar-refractivity contribution is 7.99. The fraction of sp³-hybridized carbons (Fsp3) is 0.438. The van der Waals surface area contributed by atoms with Gasteiger partial charge in [-0.2, -0.15) is 0 Å². The summed E-state index contributed by atoms with van der Waals surface area (Å²) in [5.41, 5.74) is 0.609. The van der Waals surface area contributed by atoms with Gasteiger partial charge < -0.3 is 9.30 Å². The van der Waals surface area contributed by atoms with Crippen molar-refractivity contribution in [3.8, 4) is 5.75 Å². The summed E-state index contributed by atoms with van der Waals surface area (Å²) in [4.78, 5) is 12.3. The van der Waals surface area contributed by atoms with Crippen molar-refractivity contribution in [3.05, 3.63) is 35.7 Å². The van der Waals surface area contributed by atoms with Crippen LogP contribution in [0.15, 0.2) is 29.4 Å². The van der Waals surface area contributed by atoms with Gasteiger partial charge in [0.1, 0.15) is 11.6 Å². The van der Waals surface area contributed by atoms with Crippen LogP contribution in [0.5, 0.6) is 5.75 Å². The Morgan fingerprint density at radius 2 is 2.04 bits per heavy atom. The number of ketones is 1. The first kappa shape index (κ1) is 17.9. The second kappa shape index (κ2) is 7.17. The maximum absolute atomic E-state index is 12.3. The van der Waals surface area contributed by atoms with Gasteiger partial charge in [0.15, 0.2) is 20.8 Å². The summed E-state index contributed by atoms with van der Waals surface area (Å²) in [6.07, 6.45) is 0.573. The third kappa shape index (κ3) is 4.04. The van der Waals surface area contributed by atoms with Crippen LogP contribution in [0.4, 0.5) is 0 Å². The molecular weight excluding hydrogens is 362 g/mol. The van der Waals surface area contributed by atoms with Crippen molar-refractivity contribution < 1.29 is 17.9 Å². The fourth-order valence-corrected chi connectivity index (χ4v) is 5.35. The van der Waals surface area contributed by atoms with Gasteiger partial charge in [0.25, 0.3) is 0 Å². The van der Waals surface area contributed by atoms with Gasteiger partial charge in [-0.1, -0.05) is 11.8 Å². The van der Waals surface area contributed by atoms with Crippen molar-refractivity contribution in [1.29, 1.82) is 0 Å². The molecule has 0 amide bonds. The van der Waals surface area contributed by atoms with Gasteiger partial charge in [0.05, 0.1) is 24.4 Å². The van der Waals surface area contributed by atoms with Crippen molar-refractivity contribution in [2.75, 3.05) is 24.4 Å². The van der Waals surface area contributed by atoms with Crippen LogP contribution >= 0.6 is 11.8 Å². The van der Waals surface area contributed by atoms with Crippen LogP contribution in [-0.2, 0) is 16.9 Å². The molecule has 1 aliphatic rings.